The van der Waals surface area contributed by atoms with Gasteiger partial charge >= 0.3 is 0 Å². The van der Waals surface area contributed by atoms with Crippen LogP contribution in [-0.2, 0) is 6.42 Å². The Labute approximate surface area is 125 Å². The lowest BCUT2D eigenvalue weighted by molar-refractivity contribution is 0.236. The Morgan fingerprint density at radius 2 is 1.80 bits per heavy atom. The van der Waals surface area contributed by atoms with E-state index in [1.54, 1.807) is 5.56 Å². The van der Waals surface area contributed by atoms with Gasteiger partial charge < -0.3 is 5.32 Å². The number of aryl methyl sites for hydroxylation is 1. The highest BCUT2D eigenvalue weighted by molar-refractivity contribution is 5.26. The second-order valence-electron chi connectivity index (χ2n) is 6.85. The number of hydrogen-bond acceptors (Lipinski definition) is 1. The van der Waals surface area contributed by atoms with Gasteiger partial charge in [-0.05, 0) is 42.9 Å². The maximum Gasteiger partial charge on any atom is 0.00104 e. The highest BCUT2D eigenvalue weighted by Crippen LogP contribution is 2.32. The zero-order valence-corrected chi connectivity index (χ0v) is 13.5. The van der Waals surface area contributed by atoms with Crippen molar-refractivity contribution in [2.24, 2.45) is 11.8 Å². The monoisotopic (exact) mass is 273 g/mol. The second-order valence-corrected chi connectivity index (χ2v) is 6.85. The van der Waals surface area contributed by atoms with Crippen molar-refractivity contribution in [1.29, 1.82) is 0 Å². The van der Waals surface area contributed by atoms with Crippen LogP contribution in [0.5, 0.6) is 0 Å². The maximum absolute atomic E-state index is 3.68. The third kappa shape index (κ3) is 4.63. The topological polar surface area (TPSA) is 12.0 Å². The number of benzene rings is 1. The van der Waals surface area contributed by atoms with E-state index in [0.29, 0.717) is 6.04 Å². The second kappa shape index (κ2) is 7.83. The first-order valence-corrected chi connectivity index (χ1v) is 8.44. The van der Waals surface area contributed by atoms with Gasteiger partial charge in [0.1, 0.15) is 0 Å². The summed E-state index contributed by atoms with van der Waals surface area (Å²) in [7, 11) is 0. The molecule has 0 heterocycles. The minimum absolute atomic E-state index is 0.595. The van der Waals surface area contributed by atoms with Crippen LogP contribution in [0.15, 0.2) is 24.3 Å². The van der Waals surface area contributed by atoms with Gasteiger partial charge in [0.25, 0.3) is 0 Å². The van der Waals surface area contributed by atoms with E-state index >= 15 is 0 Å². The Kier molecular flexibility index (Phi) is 6.09. The Morgan fingerprint density at radius 3 is 2.45 bits per heavy atom. The van der Waals surface area contributed by atoms with Gasteiger partial charge in [-0.2, -0.15) is 0 Å². The zero-order chi connectivity index (χ0) is 14.4. The van der Waals surface area contributed by atoms with E-state index in [1.165, 1.54) is 50.6 Å². The fourth-order valence-corrected chi connectivity index (χ4v) is 3.52. The summed E-state index contributed by atoms with van der Waals surface area (Å²) in [6.45, 7) is 7.94. The maximum atomic E-state index is 3.68. The molecule has 1 N–H and O–H groups in total. The third-order valence-electron chi connectivity index (χ3n) is 4.85. The van der Waals surface area contributed by atoms with Crippen molar-refractivity contribution in [3.8, 4) is 0 Å². The fourth-order valence-electron chi connectivity index (χ4n) is 3.52. The van der Waals surface area contributed by atoms with Crippen LogP contribution in [-0.4, -0.2) is 12.6 Å². The Morgan fingerprint density at radius 1 is 1.10 bits per heavy atom. The van der Waals surface area contributed by atoms with E-state index in [9.17, 15) is 0 Å². The van der Waals surface area contributed by atoms with Gasteiger partial charge in [0.15, 0.2) is 0 Å². The molecule has 1 atom stereocenters. The first kappa shape index (κ1) is 15.6. The lowest BCUT2D eigenvalue weighted by Crippen LogP contribution is -2.34. The molecule has 1 aromatic rings. The fraction of sp³-hybridized carbons (Fsp3) is 0.684. The molecule has 2 rings (SSSR count). The van der Waals surface area contributed by atoms with E-state index in [4.69, 9.17) is 0 Å². The molecule has 112 valence electrons. The molecule has 0 radical (unpaired) electrons. The predicted molar refractivity (Wildman–Crippen MR) is 88.1 cm³/mol. The van der Waals surface area contributed by atoms with Crippen LogP contribution in [0.25, 0.3) is 0 Å². The van der Waals surface area contributed by atoms with Crippen LogP contribution in [0, 0.1) is 18.8 Å². The van der Waals surface area contributed by atoms with Gasteiger partial charge in [-0.3, -0.25) is 0 Å². The van der Waals surface area contributed by atoms with Gasteiger partial charge in [0, 0.05) is 6.04 Å². The van der Waals surface area contributed by atoms with Gasteiger partial charge in [-0.1, -0.05) is 70.2 Å². The van der Waals surface area contributed by atoms with Crippen LogP contribution >= 0.6 is 0 Å². The smallest absolute Gasteiger partial charge is 0.00104 e. The first-order chi connectivity index (χ1) is 9.66. The molecule has 1 saturated carbocycles. The molecule has 0 aromatic heterocycles. The standard InChI is InChI=1S/C19H31N/c1-15(2)20-14-19(17-10-5-4-6-11-17)13-18-12-8-7-9-16(18)3/h7-9,12,15,17,19-20H,4-6,10-11,13-14H2,1-3H3. The van der Waals surface area contributed by atoms with E-state index in [1.807, 2.05) is 0 Å². The normalized spacial score (nSPS) is 18.4. The molecule has 1 aromatic carbocycles. The van der Waals surface area contributed by atoms with Crippen molar-refractivity contribution in [3.05, 3.63) is 35.4 Å². The van der Waals surface area contributed by atoms with E-state index in [0.717, 1.165) is 11.8 Å². The summed E-state index contributed by atoms with van der Waals surface area (Å²) in [5.41, 5.74) is 3.01. The number of rotatable bonds is 6. The molecule has 1 heteroatoms. The Balaban J connectivity index is 2.03. The average molecular weight is 273 g/mol. The SMILES string of the molecule is Cc1ccccc1CC(CNC(C)C)C1CCCCC1. The molecule has 0 aliphatic heterocycles. The first-order valence-electron chi connectivity index (χ1n) is 8.44. The highest BCUT2D eigenvalue weighted by Gasteiger charge is 2.24. The molecular formula is C19H31N. The minimum atomic E-state index is 0.595. The molecule has 1 aliphatic carbocycles. The van der Waals surface area contributed by atoms with Gasteiger partial charge in [0.2, 0.25) is 0 Å². The molecule has 1 fully saturated rings. The Hall–Kier alpha value is -0.820. The van der Waals surface area contributed by atoms with Gasteiger partial charge in [-0.15, -0.1) is 0 Å². The molecule has 20 heavy (non-hydrogen) atoms. The summed E-state index contributed by atoms with van der Waals surface area (Å²) in [6.07, 6.45) is 8.46. The molecule has 0 spiro atoms. The van der Waals surface area contributed by atoms with E-state index in [-0.39, 0.29) is 0 Å². The third-order valence-corrected chi connectivity index (χ3v) is 4.85. The van der Waals surface area contributed by atoms with Crippen molar-refractivity contribution < 1.29 is 0 Å². The number of hydrogen-bond donors (Lipinski definition) is 1. The van der Waals surface area contributed by atoms with Crippen molar-refractivity contribution in [2.45, 2.75) is 65.3 Å². The summed E-state index contributed by atoms with van der Waals surface area (Å²) in [4.78, 5) is 0. The van der Waals surface area contributed by atoms with Gasteiger partial charge in [-0.25, -0.2) is 0 Å². The zero-order valence-electron chi connectivity index (χ0n) is 13.5. The quantitative estimate of drug-likeness (QED) is 0.790. The molecule has 0 amide bonds. The predicted octanol–water partition coefficient (Wildman–Crippen LogP) is 4.73. The number of nitrogens with one attached hydrogen (secondary N) is 1. The summed E-state index contributed by atoms with van der Waals surface area (Å²) >= 11 is 0. The van der Waals surface area contributed by atoms with Crippen LogP contribution in [0.1, 0.15) is 57.1 Å². The van der Waals surface area contributed by atoms with Crippen LogP contribution in [0.3, 0.4) is 0 Å². The highest BCUT2D eigenvalue weighted by atomic mass is 14.9. The lowest BCUT2D eigenvalue weighted by atomic mass is 9.77. The molecule has 0 bridgehead atoms. The summed E-state index contributed by atoms with van der Waals surface area (Å²) in [5, 5.41) is 3.68. The van der Waals surface area contributed by atoms with Crippen LogP contribution < -0.4 is 5.32 Å². The van der Waals surface area contributed by atoms with E-state index < -0.39 is 0 Å². The van der Waals surface area contributed by atoms with Gasteiger partial charge in [0.05, 0.1) is 0 Å². The summed E-state index contributed by atoms with van der Waals surface area (Å²) < 4.78 is 0. The summed E-state index contributed by atoms with van der Waals surface area (Å²) in [6, 6.07) is 9.51. The lowest BCUT2D eigenvalue weighted by Gasteiger charge is -2.31. The average Bonchev–Trinajstić information content (AvgIpc) is 2.46. The van der Waals surface area contributed by atoms with E-state index in [2.05, 4.69) is 50.4 Å². The van der Waals surface area contributed by atoms with Crippen molar-refractivity contribution in [2.75, 3.05) is 6.54 Å². The molecule has 1 nitrogen and oxygen atoms in total. The molecule has 0 saturated heterocycles. The van der Waals surface area contributed by atoms with Crippen LogP contribution in [0.4, 0.5) is 0 Å². The van der Waals surface area contributed by atoms with Crippen molar-refractivity contribution in [3.63, 3.8) is 0 Å². The van der Waals surface area contributed by atoms with Crippen molar-refractivity contribution >= 4 is 0 Å². The molecule has 1 aliphatic rings. The summed E-state index contributed by atoms with van der Waals surface area (Å²) in [5.74, 6) is 1.73. The largest absolute Gasteiger partial charge is 0.314 e. The molecular weight excluding hydrogens is 242 g/mol. The van der Waals surface area contributed by atoms with Crippen LogP contribution in [0.2, 0.25) is 0 Å². The Bertz CT molecular complexity index is 391. The minimum Gasteiger partial charge on any atom is -0.314 e. The molecule has 1 unspecified atom stereocenters. The van der Waals surface area contributed by atoms with Crippen molar-refractivity contribution in [1.82, 2.24) is 5.32 Å².